The van der Waals surface area contributed by atoms with Crippen molar-refractivity contribution in [2.45, 2.75) is 12.3 Å². The van der Waals surface area contributed by atoms with Gasteiger partial charge in [0.2, 0.25) is 5.91 Å². The molecule has 1 aliphatic rings. The number of carbonyl (C=O) groups is 2. The normalized spacial score (nSPS) is 19.3. The molecule has 120 valence electrons. The van der Waals surface area contributed by atoms with Gasteiger partial charge in [0, 0.05) is 31.5 Å². The van der Waals surface area contributed by atoms with Gasteiger partial charge in [-0.05, 0) is 36.8 Å². The summed E-state index contributed by atoms with van der Waals surface area (Å²) in [6, 6.07) is 8.55. The molecule has 1 N–H and O–H groups in total. The highest BCUT2D eigenvalue weighted by atomic mass is 35.5. The van der Waals surface area contributed by atoms with Gasteiger partial charge >= 0.3 is 0 Å². The number of hydrogen-bond acceptors (Lipinski definition) is 3. The topological polar surface area (TPSA) is 62.6 Å². The minimum absolute atomic E-state index is 0.109. The predicted molar refractivity (Wildman–Crippen MR) is 87.7 cm³/mol. The molecule has 23 heavy (non-hydrogen) atoms. The smallest absolute Gasteiger partial charge is 0.253 e. The van der Waals surface area contributed by atoms with Crippen LogP contribution in [0.2, 0.25) is 5.02 Å². The summed E-state index contributed by atoms with van der Waals surface area (Å²) in [7, 11) is 3.35. The van der Waals surface area contributed by atoms with Crippen molar-refractivity contribution in [3.8, 4) is 0 Å². The lowest BCUT2D eigenvalue weighted by atomic mass is 10.1. The van der Waals surface area contributed by atoms with Crippen LogP contribution in [0.3, 0.4) is 0 Å². The van der Waals surface area contributed by atoms with E-state index in [4.69, 9.17) is 16.0 Å². The van der Waals surface area contributed by atoms with Gasteiger partial charge in [0.05, 0.1) is 17.0 Å². The van der Waals surface area contributed by atoms with E-state index in [0.717, 1.165) is 12.2 Å². The number of carbonyl (C=O) groups excluding carboxylic acids is 2. The summed E-state index contributed by atoms with van der Waals surface area (Å²) in [5, 5.41) is 3.22. The maximum absolute atomic E-state index is 12.3. The van der Waals surface area contributed by atoms with Gasteiger partial charge in [-0.3, -0.25) is 9.59 Å². The molecule has 2 aromatic rings. The Kier molecular flexibility index (Phi) is 4.13. The molecule has 2 unspecified atom stereocenters. The average Bonchev–Trinajstić information content (AvgIpc) is 3.14. The molecule has 3 rings (SSSR count). The fraction of sp³-hybridized carbons (Fsp3) is 0.294. The van der Waals surface area contributed by atoms with E-state index in [9.17, 15) is 9.59 Å². The molecular formula is C17H17ClN2O3. The Labute approximate surface area is 139 Å². The second kappa shape index (κ2) is 6.08. The first-order valence-electron chi connectivity index (χ1n) is 7.33. The van der Waals surface area contributed by atoms with E-state index < -0.39 is 0 Å². The van der Waals surface area contributed by atoms with Gasteiger partial charge in [-0.25, -0.2) is 0 Å². The predicted octanol–water partition coefficient (Wildman–Crippen LogP) is 3.38. The molecule has 1 aromatic heterocycles. The second-order valence-electron chi connectivity index (χ2n) is 5.85. The molecule has 0 bridgehead atoms. The standard InChI is InChI=1S/C17H17ClN2O3/c1-20(2)17(22)10-5-6-13(18)14(8-10)19-16(21)12-9-11(12)15-4-3-7-23-15/h3-8,11-12H,9H2,1-2H3,(H,19,21). The van der Waals surface area contributed by atoms with Crippen molar-refractivity contribution in [3.63, 3.8) is 0 Å². The summed E-state index contributed by atoms with van der Waals surface area (Å²) in [6.45, 7) is 0. The summed E-state index contributed by atoms with van der Waals surface area (Å²) >= 11 is 6.13. The van der Waals surface area contributed by atoms with Crippen LogP contribution in [-0.2, 0) is 4.79 Å². The van der Waals surface area contributed by atoms with Crippen molar-refractivity contribution in [1.82, 2.24) is 4.90 Å². The van der Waals surface area contributed by atoms with Crippen molar-refractivity contribution < 1.29 is 14.0 Å². The highest BCUT2D eigenvalue weighted by molar-refractivity contribution is 6.34. The number of nitrogens with zero attached hydrogens (tertiary/aromatic N) is 1. The van der Waals surface area contributed by atoms with Crippen LogP contribution in [0, 0.1) is 5.92 Å². The maximum atomic E-state index is 12.3. The van der Waals surface area contributed by atoms with Gasteiger partial charge in [0.25, 0.3) is 5.91 Å². The summed E-state index contributed by atoms with van der Waals surface area (Å²) in [4.78, 5) is 25.8. The third kappa shape index (κ3) is 3.24. The number of amides is 2. The minimum atomic E-state index is -0.142. The largest absolute Gasteiger partial charge is 0.469 e. The van der Waals surface area contributed by atoms with Crippen LogP contribution in [0.5, 0.6) is 0 Å². The fourth-order valence-corrected chi connectivity index (χ4v) is 2.70. The Morgan fingerprint density at radius 2 is 2.09 bits per heavy atom. The molecule has 0 radical (unpaired) electrons. The van der Waals surface area contributed by atoms with E-state index in [2.05, 4.69) is 5.32 Å². The van der Waals surface area contributed by atoms with Crippen molar-refractivity contribution in [3.05, 3.63) is 52.9 Å². The molecule has 0 spiro atoms. The molecule has 0 aliphatic heterocycles. The Hall–Kier alpha value is -2.27. The molecule has 1 heterocycles. The molecule has 0 saturated heterocycles. The number of hydrogen-bond donors (Lipinski definition) is 1. The highest BCUT2D eigenvalue weighted by Gasteiger charge is 2.45. The first-order valence-corrected chi connectivity index (χ1v) is 7.70. The lowest BCUT2D eigenvalue weighted by molar-refractivity contribution is -0.117. The number of nitrogens with one attached hydrogen (secondary N) is 1. The first kappa shape index (κ1) is 15.6. The number of rotatable bonds is 4. The number of benzene rings is 1. The summed E-state index contributed by atoms with van der Waals surface area (Å²) in [5.74, 6) is 0.577. The van der Waals surface area contributed by atoms with Gasteiger partial charge in [-0.2, -0.15) is 0 Å². The first-order chi connectivity index (χ1) is 11.0. The van der Waals surface area contributed by atoms with Gasteiger partial charge in [-0.1, -0.05) is 11.6 Å². The molecule has 1 aromatic carbocycles. The van der Waals surface area contributed by atoms with Crippen LogP contribution < -0.4 is 5.32 Å². The molecule has 1 saturated carbocycles. The Bertz CT molecular complexity index is 740. The van der Waals surface area contributed by atoms with Crippen LogP contribution in [0.25, 0.3) is 0 Å². The Morgan fingerprint density at radius 1 is 1.30 bits per heavy atom. The van der Waals surface area contributed by atoms with E-state index in [1.807, 2.05) is 12.1 Å². The van der Waals surface area contributed by atoms with Crippen molar-refractivity contribution in [2.24, 2.45) is 5.92 Å². The van der Waals surface area contributed by atoms with Gasteiger partial charge < -0.3 is 14.6 Å². The van der Waals surface area contributed by atoms with Crippen LogP contribution in [-0.4, -0.2) is 30.8 Å². The summed E-state index contributed by atoms with van der Waals surface area (Å²) in [6.07, 6.45) is 2.36. The lowest BCUT2D eigenvalue weighted by Gasteiger charge is -2.13. The third-order valence-electron chi connectivity index (χ3n) is 3.91. The SMILES string of the molecule is CN(C)C(=O)c1ccc(Cl)c(NC(=O)C2CC2c2ccco2)c1. The van der Waals surface area contributed by atoms with E-state index in [-0.39, 0.29) is 23.7 Å². The molecular weight excluding hydrogens is 316 g/mol. The molecule has 1 fully saturated rings. The Morgan fingerprint density at radius 3 is 2.74 bits per heavy atom. The van der Waals surface area contributed by atoms with Crippen molar-refractivity contribution >= 4 is 29.1 Å². The van der Waals surface area contributed by atoms with Crippen LogP contribution in [0.15, 0.2) is 41.0 Å². The average molecular weight is 333 g/mol. The number of halogens is 1. The fourth-order valence-electron chi connectivity index (χ4n) is 2.54. The maximum Gasteiger partial charge on any atom is 0.253 e. The third-order valence-corrected chi connectivity index (χ3v) is 4.24. The minimum Gasteiger partial charge on any atom is -0.469 e. The molecule has 1 aliphatic carbocycles. The van der Waals surface area contributed by atoms with E-state index in [0.29, 0.717) is 16.3 Å². The molecule has 2 amide bonds. The van der Waals surface area contributed by atoms with Crippen molar-refractivity contribution in [1.29, 1.82) is 0 Å². The lowest BCUT2D eigenvalue weighted by Crippen LogP contribution is -2.22. The van der Waals surface area contributed by atoms with E-state index in [1.54, 1.807) is 38.6 Å². The Balaban J connectivity index is 1.71. The zero-order valence-corrected chi connectivity index (χ0v) is 13.6. The van der Waals surface area contributed by atoms with Gasteiger partial charge in [0.1, 0.15) is 5.76 Å². The number of anilines is 1. The van der Waals surface area contributed by atoms with Gasteiger partial charge in [0.15, 0.2) is 0 Å². The van der Waals surface area contributed by atoms with Crippen LogP contribution in [0.1, 0.15) is 28.5 Å². The molecule has 6 heteroatoms. The highest BCUT2D eigenvalue weighted by Crippen LogP contribution is 2.48. The zero-order valence-electron chi connectivity index (χ0n) is 12.9. The quantitative estimate of drug-likeness (QED) is 0.933. The molecule has 5 nitrogen and oxygen atoms in total. The zero-order chi connectivity index (χ0) is 16.6. The monoisotopic (exact) mass is 332 g/mol. The number of furan rings is 1. The summed E-state index contributed by atoms with van der Waals surface area (Å²) < 4.78 is 5.33. The van der Waals surface area contributed by atoms with Gasteiger partial charge in [-0.15, -0.1) is 0 Å². The van der Waals surface area contributed by atoms with Crippen LogP contribution in [0.4, 0.5) is 5.69 Å². The van der Waals surface area contributed by atoms with E-state index >= 15 is 0 Å². The second-order valence-corrected chi connectivity index (χ2v) is 6.25. The van der Waals surface area contributed by atoms with Crippen molar-refractivity contribution in [2.75, 3.05) is 19.4 Å². The van der Waals surface area contributed by atoms with E-state index in [1.165, 1.54) is 4.90 Å². The molecule has 2 atom stereocenters. The summed E-state index contributed by atoms with van der Waals surface area (Å²) in [5.41, 5.74) is 0.933. The van der Waals surface area contributed by atoms with Crippen LogP contribution >= 0.6 is 11.6 Å².